The van der Waals surface area contributed by atoms with Crippen molar-refractivity contribution >= 4 is 29.2 Å². The van der Waals surface area contributed by atoms with E-state index in [1.807, 2.05) is 6.92 Å². The molecule has 1 aromatic rings. The number of methoxy groups -OCH3 is 1. The number of anilines is 1. The minimum Gasteiger partial charge on any atom is -0.496 e. The number of carbonyl (C=O) groups is 2. The van der Waals surface area contributed by atoms with Crippen molar-refractivity contribution in [2.24, 2.45) is 0 Å². The molecule has 2 N–H and O–H groups in total. The van der Waals surface area contributed by atoms with E-state index in [0.29, 0.717) is 18.9 Å². The lowest BCUT2D eigenvalue weighted by Gasteiger charge is -2.11. The predicted molar refractivity (Wildman–Crippen MR) is 79.3 cm³/mol. The summed E-state index contributed by atoms with van der Waals surface area (Å²) in [5.41, 5.74) is 0.241. The molecule has 0 atom stereocenters. The molecule has 0 saturated heterocycles. The molecule has 7 heteroatoms. The van der Waals surface area contributed by atoms with Crippen molar-refractivity contribution < 1.29 is 24.2 Å². The first kappa shape index (κ1) is 17.3. The molecule has 0 fully saturated rings. The third-order valence-electron chi connectivity index (χ3n) is 2.62. The van der Waals surface area contributed by atoms with Crippen LogP contribution in [0.2, 0.25) is 5.02 Å². The molecular weight excluding hydrogens is 298 g/mol. The number of amides is 1. The number of aromatic carboxylic acids is 1. The molecule has 0 aromatic heterocycles. The Kier molecular flexibility index (Phi) is 6.98. The normalized spacial score (nSPS) is 10.2. The average molecular weight is 316 g/mol. The summed E-state index contributed by atoms with van der Waals surface area (Å²) in [6.07, 6.45) is 1.08. The molecule has 1 amide bonds. The number of carbonyl (C=O) groups excluding carboxylic acids is 1. The molecule has 116 valence electrons. The van der Waals surface area contributed by atoms with Gasteiger partial charge in [0.2, 0.25) is 5.91 Å². The van der Waals surface area contributed by atoms with E-state index in [-0.39, 0.29) is 28.7 Å². The SMILES string of the molecule is CCCOCCC(=O)Nc1cc(OC)c(C(=O)O)cc1Cl. The van der Waals surface area contributed by atoms with Gasteiger partial charge >= 0.3 is 5.97 Å². The molecule has 21 heavy (non-hydrogen) atoms. The van der Waals surface area contributed by atoms with Gasteiger partial charge in [-0.25, -0.2) is 4.79 Å². The molecule has 0 saturated carbocycles. The van der Waals surface area contributed by atoms with Gasteiger partial charge in [0.15, 0.2) is 0 Å². The quantitative estimate of drug-likeness (QED) is 0.721. The first-order valence-electron chi connectivity index (χ1n) is 6.48. The van der Waals surface area contributed by atoms with Crippen LogP contribution in [0.3, 0.4) is 0 Å². The van der Waals surface area contributed by atoms with Gasteiger partial charge < -0.3 is 19.9 Å². The Labute approximate surface area is 128 Å². The zero-order valence-electron chi connectivity index (χ0n) is 11.9. The van der Waals surface area contributed by atoms with Crippen LogP contribution < -0.4 is 10.1 Å². The lowest BCUT2D eigenvalue weighted by molar-refractivity contribution is -0.117. The van der Waals surface area contributed by atoms with Crippen molar-refractivity contribution in [3.8, 4) is 5.75 Å². The lowest BCUT2D eigenvalue weighted by atomic mass is 10.1. The highest BCUT2D eigenvalue weighted by Gasteiger charge is 2.16. The maximum absolute atomic E-state index is 11.7. The largest absolute Gasteiger partial charge is 0.496 e. The van der Waals surface area contributed by atoms with Crippen molar-refractivity contribution in [1.29, 1.82) is 0 Å². The van der Waals surface area contributed by atoms with E-state index in [1.54, 1.807) is 0 Å². The fraction of sp³-hybridized carbons (Fsp3) is 0.429. The van der Waals surface area contributed by atoms with Crippen LogP contribution in [0.4, 0.5) is 5.69 Å². The summed E-state index contributed by atoms with van der Waals surface area (Å²) >= 11 is 5.97. The number of hydrogen-bond acceptors (Lipinski definition) is 4. The standard InChI is InChI=1S/C14H18ClNO5/c1-3-5-21-6-4-13(17)16-11-8-12(20-2)9(14(18)19)7-10(11)15/h7-8H,3-6H2,1-2H3,(H,16,17)(H,18,19). The van der Waals surface area contributed by atoms with Crippen LogP contribution in [0.1, 0.15) is 30.1 Å². The topological polar surface area (TPSA) is 84.9 Å². The Bertz CT molecular complexity index is 518. The Balaban J connectivity index is 2.75. The number of rotatable bonds is 8. The van der Waals surface area contributed by atoms with E-state index in [1.165, 1.54) is 19.2 Å². The molecule has 1 rings (SSSR count). The summed E-state index contributed by atoms with van der Waals surface area (Å²) in [6, 6.07) is 2.63. The highest BCUT2D eigenvalue weighted by Crippen LogP contribution is 2.31. The summed E-state index contributed by atoms with van der Waals surface area (Å²) in [5.74, 6) is -1.29. The average Bonchev–Trinajstić information content (AvgIpc) is 2.45. The van der Waals surface area contributed by atoms with Crippen LogP contribution in [-0.2, 0) is 9.53 Å². The highest BCUT2D eigenvalue weighted by atomic mass is 35.5. The predicted octanol–water partition coefficient (Wildman–Crippen LogP) is 2.80. The van der Waals surface area contributed by atoms with Crippen molar-refractivity contribution in [3.63, 3.8) is 0 Å². The van der Waals surface area contributed by atoms with Crippen LogP contribution in [0, 0.1) is 0 Å². The molecule has 0 heterocycles. The summed E-state index contributed by atoms with van der Waals surface area (Å²) in [4.78, 5) is 22.8. The highest BCUT2D eigenvalue weighted by molar-refractivity contribution is 6.34. The molecule has 0 aliphatic carbocycles. The number of hydrogen-bond donors (Lipinski definition) is 2. The molecule has 1 aromatic carbocycles. The number of carboxylic acids is 1. The second-order valence-electron chi connectivity index (χ2n) is 4.25. The van der Waals surface area contributed by atoms with Gasteiger partial charge in [0.1, 0.15) is 11.3 Å². The maximum Gasteiger partial charge on any atom is 0.339 e. The lowest BCUT2D eigenvalue weighted by Crippen LogP contribution is -2.15. The molecular formula is C14H18ClNO5. The van der Waals surface area contributed by atoms with Gasteiger partial charge in [0.25, 0.3) is 0 Å². The van der Waals surface area contributed by atoms with Gasteiger partial charge in [-0.1, -0.05) is 18.5 Å². The third kappa shape index (κ3) is 5.24. The van der Waals surface area contributed by atoms with Crippen LogP contribution in [0.15, 0.2) is 12.1 Å². The number of ether oxygens (including phenoxy) is 2. The molecule has 0 bridgehead atoms. The number of halogens is 1. The van der Waals surface area contributed by atoms with Crippen molar-refractivity contribution in [1.82, 2.24) is 0 Å². The van der Waals surface area contributed by atoms with Gasteiger partial charge in [-0.2, -0.15) is 0 Å². The first-order valence-corrected chi connectivity index (χ1v) is 6.85. The Morgan fingerprint density at radius 2 is 2.05 bits per heavy atom. The Hall–Kier alpha value is -1.79. The molecule has 0 aliphatic rings. The van der Waals surface area contributed by atoms with Crippen molar-refractivity contribution in [2.45, 2.75) is 19.8 Å². The smallest absolute Gasteiger partial charge is 0.339 e. The van der Waals surface area contributed by atoms with E-state index in [4.69, 9.17) is 26.2 Å². The van der Waals surface area contributed by atoms with Crippen molar-refractivity contribution in [2.75, 3.05) is 25.6 Å². The summed E-state index contributed by atoms with van der Waals surface area (Å²) < 4.78 is 10.2. The van der Waals surface area contributed by atoms with Gasteiger partial charge in [-0.05, 0) is 12.5 Å². The monoisotopic (exact) mass is 315 g/mol. The van der Waals surface area contributed by atoms with Crippen LogP contribution >= 0.6 is 11.6 Å². The molecule has 6 nitrogen and oxygen atoms in total. The zero-order chi connectivity index (χ0) is 15.8. The number of carboxylic acid groups (broad SMARTS) is 1. The fourth-order valence-electron chi connectivity index (χ4n) is 1.61. The third-order valence-corrected chi connectivity index (χ3v) is 2.93. The Morgan fingerprint density at radius 3 is 2.62 bits per heavy atom. The second kappa shape index (κ2) is 8.49. The molecule has 0 unspecified atom stereocenters. The molecule has 0 radical (unpaired) electrons. The van der Waals surface area contributed by atoms with Crippen molar-refractivity contribution in [3.05, 3.63) is 22.7 Å². The van der Waals surface area contributed by atoms with E-state index in [9.17, 15) is 9.59 Å². The van der Waals surface area contributed by atoms with E-state index in [2.05, 4.69) is 5.32 Å². The molecule has 0 aliphatic heterocycles. The van der Waals surface area contributed by atoms with Gasteiger partial charge in [0, 0.05) is 12.7 Å². The first-order chi connectivity index (χ1) is 9.99. The second-order valence-corrected chi connectivity index (χ2v) is 4.66. The Morgan fingerprint density at radius 1 is 1.33 bits per heavy atom. The minimum atomic E-state index is -1.15. The number of nitrogens with one attached hydrogen (secondary N) is 1. The van der Waals surface area contributed by atoms with Crippen LogP contribution in [0.25, 0.3) is 0 Å². The van der Waals surface area contributed by atoms with Gasteiger partial charge in [-0.3, -0.25) is 4.79 Å². The van der Waals surface area contributed by atoms with E-state index < -0.39 is 5.97 Å². The molecule has 0 spiro atoms. The van der Waals surface area contributed by atoms with E-state index in [0.717, 1.165) is 6.42 Å². The fourth-order valence-corrected chi connectivity index (χ4v) is 1.82. The summed E-state index contributed by atoms with van der Waals surface area (Å²) in [7, 11) is 1.35. The van der Waals surface area contributed by atoms with Gasteiger partial charge in [0.05, 0.1) is 30.8 Å². The number of benzene rings is 1. The maximum atomic E-state index is 11.7. The summed E-state index contributed by atoms with van der Waals surface area (Å²) in [6.45, 7) is 2.91. The van der Waals surface area contributed by atoms with Gasteiger partial charge in [-0.15, -0.1) is 0 Å². The zero-order valence-corrected chi connectivity index (χ0v) is 12.7. The minimum absolute atomic E-state index is 0.0632. The summed E-state index contributed by atoms with van der Waals surface area (Å²) in [5, 5.41) is 11.8. The van der Waals surface area contributed by atoms with E-state index >= 15 is 0 Å². The van der Waals surface area contributed by atoms with Crippen LogP contribution in [0.5, 0.6) is 5.75 Å². The van der Waals surface area contributed by atoms with Crippen LogP contribution in [-0.4, -0.2) is 37.3 Å².